The second-order valence-electron chi connectivity index (χ2n) is 6.86. The number of rotatable bonds is 4. The zero-order valence-electron chi connectivity index (χ0n) is 14.8. The maximum Gasteiger partial charge on any atom is 0.318 e. The third kappa shape index (κ3) is 3.53. The van der Waals surface area contributed by atoms with Gasteiger partial charge < -0.3 is 19.4 Å². The molecule has 1 saturated heterocycles. The summed E-state index contributed by atoms with van der Waals surface area (Å²) in [5.41, 5.74) is 1.26. The van der Waals surface area contributed by atoms with E-state index in [4.69, 9.17) is 9.15 Å². The Balaban J connectivity index is 1.42. The van der Waals surface area contributed by atoms with Crippen LogP contribution in [-0.2, 0) is 11.2 Å². The van der Waals surface area contributed by atoms with Crippen LogP contribution in [0.2, 0.25) is 0 Å². The largest absolute Gasteiger partial charge is 0.464 e. The van der Waals surface area contributed by atoms with Gasteiger partial charge in [0, 0.05) is 29.4 Å². The van der Waals surface area contributed by atoms with E-state index in [9.17, 15) is 4.79 Å². The van der Waals surface area contributed by atoms with Gasteiger partial charge in [-0.25, -0.2) is 4.79 Å². The quantitative estimate of drug-likeness (QED) is 0.807. The van der Waals surface area contributed by atoms with Crippen molar-refractivity contribution in [3.63, 3.8) is 0 Å². The van der Waals surface area contributed by atoms with E-state index in [1.54, 1.807) is 0 Å². The molecule has 2 aromatic rings. The van der Waals surface area contributed by atoms with Gasteiger partial charge in [-0.1, -0.05) is 41.1 Å². The lowest BCUT2D eigenvalue weighted by Gasteiger charge is -2.34. The number of aryl methyl sites for hydroxylation is 1. The Kier molecular flexibility index (Phi) is 5.05. The van der Waals surface area contributed by atoms with E-state index < -0.39 is 0 Å². The summed E-state index contributed by atoms with van der Waals surface area (Å²) in [6.07, 6.45) is 1.82. The van der Waals surface area contributed by atoms with Crippen molar-refractivity contribution in [2.24, 2.45) is 0 Å². The number of hydrogen-bond donors (Lipinski definition) is 1. The highest BCUT2D eigenvalue weighted by Gasteiger charge is 2.42. The topological polar surface area (TPSA) is 54.7 Å². The van der Waals surface area contributed by atoms with Crippen LogP contribution >= 0.6 is 15.9 Å². The third-order valence-electron chi connectivity index (χ3n) is 5.15. The number of nitrogens with zero attached hydrogens (tertiary/aromatic N) is 1. The number of carbonyl (C=O) groups excluding carboxylic acids is 1. The van der Waals surface area contributed by atoms with Gasteiger partial charge in [0.2, 0.25) is 0 Å². The average molecular weight is 419 g/mol. The normalized spacial score (nSPS) is 25.2. The van der Waals surface area contributed by atoms with Crippen LogP contribution in [0, 0.1) is 0 Å². The molecule has 3 atom stereocenters. The van der Waals surface area contributed by atoms with E-state index in [1.807, 2.05) is 35.2 Å². The molecule has 2 aliphatic rings. The van der Waals surface area contributed by atoms with Gasteiger partial charge in [-0.05, 0) is 30.2 Å². The van der Waals surface area contributed by atoms with Crippen molar-refractivity contribution >= 4 is 22.0 Å². The molecular weight excluding hydrogens is 396 g/mol. The predicted molar refractivity (Wildman–Crippen MR) is 102 cm³/mol. The summed E-state index contributed by atoms with van der Waals surface area (Å²) >= 11 is 3.60. The lowest BCUT2D eigenvalue weighted by molar-refractivity contribution is 0.00389. The van der Waals surface area contributed by atoms with E-state index in [-0.39, 0.29) is 18.1 Å². The minimum absolute atomic E-state index is 0.0349. The Bertz CT molecular complexity index is 791. The molecule has 1 saturated carbocycles. The first-order chi connectivity index (χ1) is 12.7. The maximum atomic E-state index is 12.9. The monoisotopic (exact) mass is 418 g/mol. The number of ether oxygens (including phenoxy) is 1. The molecule has 138 valence electrons. The molecule has 0 unspecified atom stereocenters. The third-order valence-corrected chi connectivity index (χ3v) is 5.87. The second kappa shape index (κ2) is 7.45. The molecule has 26 heavy (non-hydrogen) atoms. The molecule has 6 heteroatoms. The van der Waals surface area contributed by atoms with Crippen molar-refractivity contribution in [1.82, 2.24) is 10.2 Å². The van der Waals surface area contributed by atoms with Crippen LogP contribution in [0.15, 0.2) is 45.3 Å². The number of benzene rings is 1. The van der Waals surface area contributed by atoms with Gasteiger partial charge in [-0.15, -0.1) is 0 Å². The first-order valence-corrected chi connectivity index (χ1v) is 9.94. The molecule has 1 aromatic heterocycles. The van der Waals surface area contributed by atoms with Gasteiger partial charge in [-0.2, -0.15) is 0 Å². The fourth-order valence-corrected chi connectivity index (χ4v) is 4.14. The number of morpholine rings is 1. The zero-order valence-corrected chi connectivity index (χ0v) is 16.4. The molecule has 1 aromatic carbocycles. The van der Waals surface area contributed by atoms with Gasteiger partial charge in [0.25, 0.3) is 0 Å². The standard InChI is InChI=1S/C20H23BrN2O3/c1-2-13-7-8-19(26-13)18-12-25-10-9-23(18)20(24)22-17-11-15(17)14-5-3-4-6-16(14)21/h3-8,15,17-18H,2,9-12H2,1H3,(H,22,24)/t15-,17+,18+/m1/s1. The summed E-state index contributed by atoms with van der Waals surface area (Å²) in [5, 5.41) is 3.19. The smallest absolute Gasteiger partial charge is 0.318 e. The highest BCUT2D eigenvalue weighted by Crippen LogP contribution is 2.44. The lowest BCUT2D eigenvalue weighted by atomic mass is 10.1. The molecule has 5 nitrogen and oxygen atoms in total. The number of nitrogens with one attached hydrogen (secondary N) is 1. The summed E-state index contributed by atoms with van der Waals surface area (Å²) in [4.78, 5) is 14.7. The van der Waals surface area contributed by atoms with E-state index in [0.29, 0.717) is 25.7 Å². The van der Waals surface area contributed by atoms with Crippen LogP contribution in [0.1, 0.15) is 42.4 Å². The Labute approximate surface area is 161 Å². The minimum Gasteiger partial charge on any atom is -0.464 e. The average Bonchev–Trinajstić information content (AvgIpc) is 3.25. The highest BCUT2D eigenvalue weighted by molar-refractivity contribution is 9.10. The van der Waals surface area contributed by atoms with Gasteiger partial charge in [0.05, 0.1) is 13.2 Å². The molecule has 4 rings (SSSR count). The van der Waals surface area contributed by atoms with Crippen molar-refractivity contribution < 1.29 is 13.9 Å². The number of urea groups is 1. The van der Waals surface area contributed by atoms with Crippen molar-refractivity contribution in [3.05, 3.63) is 58.0 Å². The highest BCUT2D eigenvalue weighted by atomic mass is 79.9. The Morgan fingerprint density at radius 3 is 2.92 bits per heavy atom. The Hall–Kier alpha value is -1.79. The molecule has 2 fully saturated rings. The Morgan fingerprint density at radius 1 is 1.31 bits per heavy atom. The molecule has 0 spiro atoms. The van der Waals surface area contributed by atoms with Gasteiger partial charge in [0.1, 0.15) is 17.6 Å². The number of amides is 2. The summed E-state index contributed by atoms with van der Waals surface area (Å²) < 4.78 is 12.6. The first kappa shape index (κ1) is 17.6. The molecular formula is C20H23BrN2O3. The molecule has 2 amide bonds. The molecule has 0 bridgehead atoms. The van der Waals surface area contributed by atoms with Gasteiger partial charge in [0.15, 0.2) is 0 Å². The summed E-state index contributed by atoms with van der Waals surface area (Å²) in [5.74, 6) is 2.11. The summed E-state index contributed by atoms with van der Waals surface area (Å²) in [6, 6.07) is 12.1. The fourth-order valence-electron chi connectivity index (χ4n) is 3.56. The predicted octanol–water partition coefficient (Wildman–Crippen LogP) is 4.24. The number of halogens is 1. The fraction of sp³-hybridized carbons (Fsp3) is 0.450. The summed E-state index contributed by atoms with van der Waals surface area (Å²) in [7, 11) is 0. The van der Waals surface area contributed by atoms with Gasteiger partial charge in [-0.3, -0.25) is 0 Å². The number of furan rings is 1. The van der Waals surface area contributed by atoms with Crippen LogP contribution in [0.4, 0.5) is 4.79 Å². The van der Waals surface area contributed by atoms with Crippen molar-refractivity contribution in [2.45, 2.75) is 37.8 Å². The SMILES string of the molecule is CCc1ccc([C@@H]2COCCN2C(=O)N[C@H]2C[C@@H]2c2ccccc2Br)o1. The zero-order chi connectivity index (χ0) is 18.1. The van der Waals surface area contributed by atoms with Crippen LogP contribution in [0.3, 0.4) is 0 Å². The second-order valence-corrected chi connectivity index (χ2v) is 7.72. The van der Waals surface area contributed by atoms with E-state index >= 15 is 0 Å². The molecule has 2 heterocycles. The van der Waals surface area contributed by atoms with E-state index in [2.05, 4.69) is 34.2 Å². The van der Waals surface area contributed by atoms with E-state index in [0.717, 1.165) is 28.8 Å². The van der Waals surface area contributed by atoms with Crippen molar-refractivity contribution in [1.29, 1.82) is 0 Å². The molecule has 1 aliphatic carbocycles. The molecule has 1 aliphatic heterocycles. The van der Waals surface area contributed by atoms with Crippen LogP contribution < -0.4 is 5.32 Å². The van der Waals surface area contributed by atoms with Gasteiger partial charge >= 0.3 is 6.03 Å². The lowest BCUT2D eigenvalue weighted by Crippen LogP contribution is -2.48. The maximum absolute atomic E-state index is 12.9. The number of hydrogen-bond acceptors (Lipinski definition) is 3. The summed E-state index contributed by atoms with van der Waals surface area (Å²) in [6.45, 7) is 3.66. The molecule has 0 radical (unpaired) electrons. The van der Waals surface area contributed by atoms with Crippen LogP contribution in [0.5, 0.6) is 0 Å². The van der Waals surface area contributed by atoms with E-state index in [1.165, 1.54) is 5.56 Å². The van der Waals surface area contributed by atoms with Crippen LogP contribution in [0.25, 0.3) is 0 Å². The molecule has 1 N–H and O–H groups in total. The minimum atomic E-state index is -0.162. The van der Waals surface area contributed by atoms with Crippen LogP contribution in [-0.4, -0.2) is 36.7 Å². The Morgan fingerprint density at radius 2 is 2.15 bits per heavy atom. The van der Waals surface area contributed by atoms with Crippen molar-refractivity contribution in [3.8, 4) is 0 Å². The van der Waals surface area contributed by atoms with Crippen molar-refractivity contribution in [2.75, 3.05) is 19.8 Å². The first-order valence-electron chi connectivity index (χ1n) is 9.15. The number of carbonyl (C=O) groups is 1.